The first-order valence-electron chi connectivity index (χ1n) is 5.19. The molecule has 90 valence electrons. The van der Waals surface area contributed by atoms with Crippen molar-refractivity contribution in [3.63, 3.8) is 0 Å². The van der Waals surface area contributed by atoms with Gasteiger partial charge in [0.25, 0.3) is 0 Å². The fourth-order valence-corrected chi connectivity index (χ4v) is 1.93. The fraction of sp³-hybridized carbons (Fsp3) is 0.333. The molecule has 0 unspecified atom stereocenters. The Morgan fingerprint density at radius 1 is 1.53 bits per heavy atom. The maximum atomic E-state index is 11.4. The van der Waals surface area contributed by atoms with Crippen molar-refractivity contribution < 1.29 is 9.53 Å². The maximum absolute atomic E-state index is 11.4. The molecule has 1 rings (SSSR count). The minimum absolute atomic E-state index is 0.174. The van der Waals surface area contributed by atoms with Crippen molar-refractivity contribution in [2.45, 2.75) is 19.9 Å². The van der Waals surface area contributed by atoms with Crippen LogP contribution in [0.25, 0.3) is 0 Å². The molecule has 5 heteroatoms. The zero-order valence-electron chi connectivity index (χ0n) is 9.50. The first-order chi connectivity index (χ1) is 8.12. The van der Waals surface area contributed by atoms with Crippen LogP contribution in [-0.2, 0) is 22.5 Å². The number of nitriles is 1. The van der Waals surface area contributed by atoms with Crippen molar-refractivity contribution >= 4 is 21.9 Å². The highest BCUT2D eigenvalue weighted by atomic mass is 79.9. The SMILES string of the molecule is CCOC(=O)Cc1cc(CN)c(C#N)cc1Br. The van der Waals surface area contributed by atoms with Gasteiger partial charge in [-0.3, -0.25) is 4.79 Å². The monoisotopic (exact) mass is 296 g/mol. The van der Waals surface area contributed by atoms with Gasteiger partial charge in [-0.1, -0.05) is 22.0 Å². The molecular formula is C12H13BrN2O2. The molecule has 1 aromatic carbocycles. The highest BCUT2D eigenvalue weighted by Crippen LogP contribution is 2.22. The second-order valence-electron chi connectivity index (χ2n) is 3.40. The normalized spacial score (nSPS) is 9.76. The molecule has 0 atom stereocenters. The van der Waals surface area contributed by atoms with Crippen molar-refractivity contribution in [1.29, 1.82) is 5.26 Å². The molecule has 17 heavy (non-hydrogen) atoms. The molecule has 0 aromatic heterocycles. The number of rotatable bonds is 4. The van der Waals surface area contributed by atoms with Crippen LogP contribution in [0.4, 0.5) is 0 Å². The Hall–Kier alpha value is -1.38. The highest BCUT2D eigenvalue weighted by molar-refractivity contribution is 9.10. The van der Waals surface area contributed by atoms with Gasteiger partial charge in [0.05, 0.1) is 24.7 Å². The third kappa shape index (κ3) is 3.55. The van der Waals surface area contributed by atoms with Gasteiger partial charge in [0.2, 0.25) is 0 Å². The van der Waals surface area contributed by atoms with Gasteiger partial charge in [0.1, 0.15) is 0 Å². The van der Waals surface area contributed by atoms with Crippen LogP contribution >= 0.6 is 15.9 Å². The quantitative estimate of drug-likeness (QED) is 0.861. The molecule has 1 aromatic rings. The molecule has 0 aliphatic carbocycles. The van der Waals surface area contributed by atoms with Crippen molar-refractivity contribution in [3.8, 4) is 6.07 Å². The number of esters is 1. The van der Waals surface area contributed by atoms with Crippen molar-refractivity contribution in [1.82, 2.24) is 0 Å². The van der Waals surface area contributed by atoms with Crippen LogP contribution in [0.1, 0.15) is 23.6 Å². The molecule has 0 bridgehead atoms. The predicted molar refractivity (Wildman–Crippen MR) is 67.1 cm³/mol. The number of ether oxygens (including phenoxy) is 1. The molecule has 0 fully saturated rings. The maximum Gasteiger partial charge on any atom is 0.310 e. The lowest BCUT2D eigenvalue weighted by Crippen LogP contribution is -2.09. The minimum atomic E-state index is -0.291. The molecule has 0 radical (unpaired) electrons. The molecule has 0 saturated heterocycles. The van der Waals surface area contributed by atoms with Crippen LogP contribution in [0, 0.1) is 11.3 Å². The Morgan fingerprint density at radius 3 is 2.76 bits per heavy atom. The standard InChI is InChI=1S/C12H13BrN2O2/c1-2-17-12(16)5-8-3-9(6-14)10(7-15)4-11(8)13/h3-4H,2,5-6,14H2,1H3. The molecule has 0 aliphatic rings. The molecular weight excluding hydrogens is 284 g/mol. The number of hydrogen-bond acceptors (Lipinski definition) is 4. The topological polar surface area (TPSA) is 76.1 Å². The lowest BCUT2D eigenvalue weighted by molar-refractivity contribution is -0.142. The fourth-order valence-electron chi connectivity index (χ4n) is 1.45. The third-order valence-electron chi connectivity index (χ3n) is 2.25. The molecule has 0 saturated carbocycles. The summed E-state index contributed by atoms with van der Waals surface area (Å²) in [5.41, 5.74) is 7.58. The lowest BCUT2D eigenvalue weighted by Gasteiger charge is -2.08. The van der Waals surface area contributed by atoms with E-state index >= 15 is 0 Å². The van der Waals surface area contributed by atoms with E-state index in [1.54, 1.807) is 19.1 Å². The Morgan fingerprint density at radius 2 is 2.24 bits per heavy atom. The van der Waals surface area contributed by atoms with E-state index in [9.17, 15) is 4.79 Å². The number of benzene rings is 1. The highest BCUT2D eigenvalue weighted by Gasteiger charge is 2.11. The number of hydrogen-bond donors (Lipinski definition) is 1. The van der Waals surface area contributed by atoms with Crippen LogP contribution in [0.5, 0.6) is 0 Å². The Bertz CT molecular complexity index is 466. The summed E-state index contributed by atoms with van der Waals surface area (Å²) in [6, 6.07) is 5.51. The van der Waals surface area contributed by atoms with Crippen molar-refractivity contribution in [2.24, 2.45) is 5.73 Å². The molecule has 0 heterocycles. The summed E-state index contributed by atoms with van der Waals surface area (Å²) in [7, 11) is 0. The average Bonchev–Trinajstić information content (AvgIpc) is 2.31. The number of halogens is 1. The summed E-state index contributed by atoms with van der Waals surface area (Å²) in [6.07, 6.45) is 0.174. The summed E-state index contributed by atoms with van der Waals surface area (Å²) in [5, 5.41) is 8.91. The van der Waals surface area contributed by atoms with Gasteiger partial charge in [0, 0.05) is 11.0 Å². The van der Waals surface area contributed by atoms with Gasteiger partial charge in [0.15, 0.2) is 0 Å². The van der Waals surface area contributed by atoms with E-state index in [0.29, 0.717) is 12.2 Å². The zero-order valence-corrected chi connectivity index (χ0v) is 11.1. The Labute approximate surface area is 108 Å². The van der Waals surface area contributed by atoms with Crippen molar-refractivity contribution in [2.75, 3.05) is 6.61 Å². The third-order valence-corrected chi connectivity index (χ3v) is 2.99. The van der Waals surface area contributed by atoms with E-state index in [2.05, 4.69) is 22.0 Å². The summed E-state index contributed by atoms with van der Waals surface area (Å²) >= 11 is 3.33. The number of nitrogens with two attached hydrogens (primary N) is 1. The van der Waals surface area contributed by atoms with E-state index in [4.69, 9.17) is 15.7 Å². The lowest BCUT2D eigenvalue weighted by atomic mass is 10.0. The van der Waals surface area contributed by atoms with E-state index in [0.717, 1.165) is 15.6 Å². The second-order valence-corrected chi connectivity index (χ2v) is 4.25. The van der Waals surface area contributed by atoms with Crippen LogP contribution in [0.15, 0.2) is 16.6 Å². The molecule has 2 N–H and O–H groups in total. The van der Waals surface area contributed by atoms with Crippen LogP contribution < -0.4 is 5.73 Å². The van der Waals surface area contributed by atoms with E-state index in [1.165, 1.54) is 0 Å². The second kappa shape index (κ2) is 6.38. The van der Waals surface area contributed by atoms with Gasteiger partial charge < -0.3 is 10.5 Å². The van der Waals surface area contributed by atoms with Gasteiger partial charge in [-0.05, 0) is 24.1 Å². The smallest absolute Gasteiger partial charge is 0.310 e. The number of carbonyl (C=O) groups is 1. The summed E-state index contributed by atoms with van der Waals surface area (Å²) in [4.78, 5) is 11.4. The van der Waals surface area contributed by atoms with Gasteiger partial charge in [-0.25, -0.2) is 0 Å². The van der Waals surface area contributed by atoms with Crippen LogP contribution in [-0.4, -0.2) is 12.6 Å². The Balaban J connectivity index is 3.01. The molecule has 0 aliphatic heterocycles. The number of carbonyl (C=O) groups excluding carboxylic acids is 1. The van der Waals surface area contributed by atoms with E-state index in [-0.39, 0.29) is 18.9 Å². The molecule has 0 spiro atoms. The van der Waals surface area contributed by atoms with E-state index < -0.39 is 0 Å². The first kappa shape index (κ1) is 13.7. The van der Waals surface area contributed by atoms with Gasteiger partial charge in [-0.2, -0.15) is 5.26 Å². The summed E-state index contributed by atoms with van der Waals surface area (Å²) in [6.45, 7) is 2.39. The summed E-state index contributed by atoms with van der Waals surface area (Å²) in [5.74, 6) is -0.291. The largest absolute Gasteiger partial charge is 0.466 e. The van der Waals surface area contributed by atoms with Crippen LogP contribution in [0.2, 0.25) is 0 Å². The van der Waals surface area contributed by atoms with Gasteiger partial charge >= 0.3 is 5.97 Å². The predicted octanol–water partition coefficient (Wildman–Crippen LogP) is 1.89. The van der Waals surface area contributed by atoms with Crippen LogP contribution in [0.3, 0.4) is 0 Å². The molecule has 4 nitrogen and oxygen atoms in total. The van der Waals surface area contributed by atoms with Gasteiger partial charge in [-0.15, -0.1) is 0 Å². The molecule has 0 amide bonds. The average molecular weight is 297 g/mol. The summed E-state index contributed by atoms with van der Waals surface area (Å²) < 4.78 is 5.60. The Kier molecular flexibility index (Phi) is 5.13. The first-order valence-corrected chi connectivity index (χ1v) is 5.98. The minimum Gasteiger partial charge on any atom is -0.466 e. The van der Waals surface area contributed by atoms with Crippen molar-refractivity contribution in [3.05, 3.63) is 33.3 Å². The van der Waals surface area contributed by atoms with E-state index in [1.807, 2.05) is 0 Å². The number of nitrogens with zero attached hydrogens (tertiary/aromatic N) is 1. The zero-order chi connectivity index (χ0) is 12.8.